The number of carbonyl (C=O) groups is 1. The van der Waals surface area contributed by atoms with E-state index in [0.29, 0.717) is 5.13 Å². The van der Waals surface area contributed by atoms with Gasteiger partial charge in [0, 0.05) is 22.0 Å². The molecule has 0 spiro atoms. The van der Waals surface area contributed by atoms with Crippen molar-refractivity contribution in [2.24, 2.45) is 0 Å². The lowest BCUT2D eigenvalue weighted by molar-refractivity contribution is 0.102. The molecule has 0 bridgehead atoms. The van der Waals surface area contributed by atoms with Crippen LogP contribution >= 0.6 is 11.3 Å². The van der Waals surface area contributed by atoms with Gasteiger partial charge in [-0.15, -0.1) is 11.3 Å². The van der Waals surface area contributed by atoms with Crippen molar-refractivity contribution in [2.45, 2.75) is 30.7 Å². The molecule has 1 fully saturated rings. The number of carbonyl (C=O) groups excluding carboxylic acids is 1. The van der Waals surface area contributed by atoms with E-state index in [2.05, 4.69) is 15.0 Å². The zero-order valence-corrected chi connectivity index (χ0v) is 16.8. The Kier molecular flexibility index (Phi) is 5.01. The van der Waals surface area contributed by atoms with Crippen LogP contribution < -0.4 is 10.0 Å². The van der Waals surface area contributed by atoms with Crippen LogP contribution in [0.25, 0.3) is 11.3 Å². The molecule has 1 heterocycles. The van der Waals surface area contributed by atoms with Crippen LogP contribution in [0.4, 0.5) is 5.13 Å². The number of hydrogen-bond donors (Lipinski definition) is 2. The summed E-state index contributed by atoms with van der Waals surface area (Å²) in [5.74, 6) is -0.392. The Morgan fingerprint density at radius 2 is 1.86 bits per heavy atom. The molecular weight excluding hydrogens is 394 g/mol. The van der Waals surface area contributed by atoms with Crippen LogP contribution in [0.5, 0.6) is 0 Å². The molecule has 4 rings (SSSR count). The molecule has 1 amide bonds. The molecule has 0 atom stereocenters. The fraction of sp³-hybridized carbons (Fsp3) is 0.200. The van der Waals surface area contributed by atoms with Gasteiger partial charge in [-0.1, -0.05) is 36.4 Å². The third-order valence-corrected chi connectivity index (χ3v) is 6.77. The van der Waals surface area contributed by atoms with E-state index in [1.807, 2.05) is 37.3 Å². The second-order valence-electron chi connectivity index (χ2n) is 6.67. The highest BCUT2D eigenvalue weighted by atomic mass is 32.2. The average Bonchev–Trinajstić information content (AvgIpc) is 3.42. The van der Waals surface area contributed by atoms with Crippen LogP contribution in [-0.2, 0) is 10.0 Å². The first-order valence-electron chi connectivity index (χ1n) is 8.89. The lowest BCUT2D eigenvalue weighted by Gasteiger charge is -2.07. The third-order valence-electron chi connectivity index (χ3n) is 4.37. The molecule has 144 valence electrons. The number of aromatic nitrogens is 1. The standard InChI is InChI=1S/C20H19N3O3S2/c1-13-18(14-6-3-2-4-7-14)21-20(27-13)22-19(24)15-8-5-9-17(12-15)28(25,26)23-16-10-11-16/h2-9,12,16,23H,10-11H2,1H3,(H,21,22,24). The summed E-state index contributed by atoms with van der Waals surface area (Å²) >= 11 is 1.38. The Hall–Kier alpha value is -2.55. The van der Waals surface area contributed by atoms with E-state index < -0.39 is 15.9 Å². The predicted molar refractivity (Wildman–Crippen MR) is 110 cm³/mol. The van der Waals surface area contributed by atoms with E-state index >= 15 is 0 Å². The Balaban J connectivity index is 1.54. The van der Waals surface area contributed by atoms with E-state index in [9.17, 15) is 13.2 Å². The number of benzene rings is 2. The normalized spacial score (nSPS) is 14.0. The number of hydrogen-bond acceptors (Lipinski definition) is 5. The summed E-state index contributed by atoms with van der Waals surface area (Å²) in [5.41, 5.74) is 2.08. The summed E-state index contributed by atoms with van der Waals surface area (Å²) in [4.78, 5) is 18.2. The number of amides is 1. The molecule has 6 nitrogen and oxygen atoms in total. The zero-order valence-electron chi connectivity index (χ0n) is 15.2. The van der Waals surface area contributed by atoms with Crippen molar-refractivity contribution < 1.29 is 13.2 Å². The molecule has 1 aliphatic carbocycles. The predicted octanol–water partition coefficient (Wildman–Crippen LogP) is 3.81. The highest BCUT2D eigenvalue weighted by Crippen LogP contribution is 2.30. The maximum atomic E-state index is 12.6. The number of aryl methyl sites for hydroxylation is 1. The molecule has 0 radical (unpaired) electrons. The highest BCUT2D eigenvalue weighted by molar-refractivity contribution is 7.89. The molecular formula is C20H19N3O3S2. The summed E-state index contributed by atoms with van der Waals surface area (Å²) in [6, 6.07) is 15.8. The van der Waals surface area contributed by atoms with Gasteiger partial charge in [0.25, 0.3) is 5.91 Å². The van der Waals surface area contributed by atoms with Crippen molar-refractivity contribution in [1.29, 1.82) is 0 Å². The largest absolute Gasteiger partial charge is 0.298 e. The van der Waals surface area contributed by atoms with E-state index in [1.165, 1.54) is 23.5 Å². The minimum atomic E-state index is -3.61. The lowest BCUT2D eigenvalue weighted by Crippen LogP contribution is -2.26. The van der Waals surface area contributed by atoms with Gasteiger partial charge in [-0.3, -0.25) is 10.1 Å². The first-order chi connectivity index (χ1) is 13.4. The molecule has 3 aromatic rings. The van der Waals surface area contributed by atoms with Crippen molar-refractivity contribution >= 4 is 32.4 Å². The number of anilines is 1. The van der Waals surface area contributed by atoms with E-state index in [1.54, 1.807) is 12.1 Å². The van der Waals surface area contributed by atoms with Gasteiger partial charge in [0.1, 0.15) is 0 Å². The number of nitrogens with one attached hydrogen (secondary N) is 2. The van der Waals surface area contributed by atoms with Gasteiger partial charge in [-0.05, 0) is 38.0 Å². The fourth-order valence-corrected chi connectivity index (χ4v) is 4.96. The lowest BCUT2D eigenvalue weighted by atomic mass is 10.1. The Morgan fingerprint density at radius 1 is 1.11 bits per heavy atom. The minimum Gasteiger partial charge on any atom is -0.298 e. The second kappa shape index (κ2) is 7.46. The molecule has 1 saturated carbocycles. The van der Waals surface area contributed by atoms with Gasteiger partial charge < -0.3 is 0 Å². The molecule has 1 aromatic heterocycles. The quantitative estimate of drug-likeness (QED) is 0.643. The van der Waals surface area contributed by atoms with Crippen molar-refractivity contribution in [3.63, 3.8) is 0 Å². The van der Waals surface area contributed by atoms with Gasteiger partial charge in [0.05, 0.1) is 10.6 Å². The highest BCUT2D eigenvalue weighted by Gasteiger charge is 2.28. The third kappa shape index (κ3) is 4.14. The number of sulfonamides is 1. The Morgan fingerprint density at radius 3 is 2.57 bits per heavy atom. The molecule has 2 N–H and O–H groups in total. The van der Waals surface area contributed by atoms with Gasteiger partial charge in [-0.25, -0.2) is 18.1 Å². The van der Waals surface area contributed by atoms with Crippen LogP contribution in [0.2, 0.25) is 0 Å². The minimum absolute atomic E-state index is 0.0113. The summed E-state index contributed by atoms with van der Waals surface area (Å²) in [6.07, 6.45) is 1.71. The summed E-state index contributed by atoms with van der Waals surface area (Å²) in [7, 11) is -3.61. The van der Waals surface area contributed by atoms with Crippen molar-refractivity contribution in [2.75, 3.05) is 5.32 Å². The van der Waals surface area contributed by atoms with Gasteiger partial charge in [0.15, 0.2) is 5.13 Å². The van der Waals surface area contributed by atoms with Crippen LogP contribution in [0.15, 0.2) is 59.5 Å². The SMILES string of the molecule is Cc1sc(NC(=O)c2cccc(S(=O)(=O)NC3CC3)c2)nc1-c1ccccc1. The first-order valence-corrected chi connectivity index (χ1v) is 11.2. The number of nitrogens with zero attached hydrogens (tertiary/aromatic N) is 1. The van der Waals surface area contributed by atoms with Gasteiger partial charge in [-0.2, -0.15) is 0 Å². The van der Waals surface area contributed by atoms with E-state index in [0.717, 1.165) is 29.0 Å². The summed E-state index contributed by atoms with van der Waals surface area (Å²) in [6.45, 7) is 1.95. The Bertz CT molecular complexity index is 1120. The summed E-state index contributed by atoms with van der Waals surface area (Å²) < 4.78 is 27.4. The van der Waals surface area contributed by atoms with Gasteiger partial charge in [0.2, 0.25) is 10.0 Å². The van der Waals surface area contributed by atoms with Crippen LogP contribution in [0, 0.1) is 6.92 Å². The average molecular weight is 414 g/mol. The fourth-order valence-electron chi connectivity index (χ4n) is 2.78. The van der Waals surface area contributed by atoms with Crippen LogP contribution in [0.3, 0.4) is 0 Å². The number of rotatable bonds is 6. The van der Waals surface area contributed by atoms with Crippen LogP contribution in [0.1, 0.15) is 28.1 Å². The van der Waals surface area contributed by atoms with Crippen molar-refractivity contribution in [3.05, 3.63) is 65.0 Å². The van der Waals surface area contributed by atoms with Crippen LogP contribution in [-0.4, -0.2) is 25.4 Å². The molecule has 1 aliphatic rings. The molecule has 2 aromatic carbocycles. The monoisotopic (exact) mass is 413 g/mol. The smallest absolute Gasteiger partial charge is 0.257 e. The maximum Gasteiger partial charge on any atom is 0.257 e. The second-order valence-corrected chi connectivity index (χ2v) is 9.58. The molecule has 28 heavy (non-hydrogen) atoms. The van der Waals surface area contributed by atoms with Crippen molar-refractivity contribution in [3.8, 4) is 11.3 Å². The first kappa shape index (κ1) is 18.8. The van der Waals surface area contributed by atoms with Crippen molar-refractivity contribution in [1.82, 2.24) is 9.71 Å². The molecule has 8 heteroatoms. The van der Waals surface area contributed by atoms with E-state index in [4.69, 9.17) is 0 Å². The topological polar surface area (TPSA) is 88.2 Å². The number of thiazole rings is 1. The summed E-state index contributed by atoms with van der Waals surface area (Å²) in [5, 5.41) is 3.25. The maximum absolute atomic E-state index is 12.6. The Labute approximate surface area is 167 Å². The van der Waals surface area contributed by atoms with Gasteiger partial charge >= 0.3 is 0 Å². The zero-order chi connectivity index (χ0) is 19.7. The van der Waals surface area contributed by atoms with E-state index in [-0.39, 0.29) is 16.5 Å². The molecule has 0 saturated heterocycles. The molecule has 0 aliphatic heterocycles. The molecule has 0 unspecified atom stereocenters.